The average Bonchev–Trinajstić information content (AvgIpc) is 2.88. The quantitative estimate of drug-likeness (QED) is 0.607. The maximum absolute atomic E-state index is 9.37. The predicted molar refractivity (Wildman–Crippen MR) is 87.2 cm³/mol. The minimum atomic E-state index is 0.587. The lowest BCUT2D eigenvalue weighted by atomic mass is 10.1. The minimum Gasteiger partial charge on any atom is -0.235 e. The van der Waals surface area contributed by atoms with Crippen LogP contribution in [-0.4, -0.2) is 4.98 Å². The highest BCUT2D eigenvalue weighted by molar-refractivity contribution is 9.10. The number of para-hydroxylation sites is 1. The first kappa shape index (κ1) is 13.0. The van der Waals surface area contributed by atoms with Crippen LogP contribution >= 0.6 is 27.3 Å². The number of allylic oxidation sites excluding steroid dienone is 1. The number of nitrogens with zero attached hydrogens (tertiary/aromatic N) is 2. The molecule has 1 aromatic heterocycles. The van der Waals surface area contributed by atoms with Gasteiger partial charge in [-0.25, -0.2) is 4.98 Å². The topological polar surface area (TPSA) is 36.7 Å². The number of fused-ring (bicyclic) bond motifs is 1. The van der Waals surface area contributed by atoms with Gasteiger partial charge in [-0.05, 0) is 35.9 Å². The molecule has 0 fully saturated rings. The molecule has 0 unspecified atom stereocenters. The minimum absolute atomic E-state index is 0.587. The number of benzene rings is 2. The SMILES string of the molecule is N#C/C(=C/c1cccc(Br)c1)c1nc2ccccc2s1. The maximum Gasteiger partial charge on any atom is 0.135 e. The van der Waals surface area contributed by atoms with Crippen molar-refractivity contribution in [1.29, 1.82) is 5.26 Å². The van der Waals surface area contributed by atoms with E-state index in [2.05, 4.69) is 27.0 Å². The van der Waals surface area contributed by atoms with Gasteiger partial charge < -0.3 is 0 Å². The lowest BCUT2D eigenvalue weighted by molar-refractivity contribution is 1.43. The summed E-state index contributed by atoms with van der Waals surface area (Å²) in [6.07, 6.45) is 1.86. The van der Waals surface area contributed by atoms with Gasteiger partial charge in [0.2, 0.25) is 0 Å². The zero-order valence-electron chi connectivity index (χ0n) is 10.4. The largest absolute Gasteiger partial charge is 0.235 e. The number of aromatic nitrogens is 1. The van der Waals surface area contributed by atoms with Crippen LogP contribution in [0.15, 0.2) is 53.0 Å². The van der Waals surface area contributed by atoms with Crippen LogP contribution in [0.3, 0.4) is 0 Å². The van der Waals surface area contributed by atoms with Crippen LogP contribution in [0.5, 0.6) is 0 Å². The van der Waals surface area contributed by atoms with Crippen molar-refractivity contribution in [2.24, 2.45) is 0 Å². The van der Waals surface area contributed by atoms with E-state index < -0.39 is 0 Å². The fourth-order valence-corrected chi connectivity index (χ4v) is 3.24. The second-order valence-electron chi connectivity index (χ2n) is 4.21. The van der Waals surface area contributed by atoms with E-state index in [0.717, 1.165) is 25.3 Å². The fourth-order valence-electron chi connectivity index (χ4n) is 1.89. The molecule has 0 N–H and O–H groups in total. The van der Waals surface area contributed by atoms with Gasteiger partial charge in [-0.15, -0.1) is 11.3 Å². The van der Waals surface area contributed by atoms with Gasteiger partial charge in [0.25, 0.3) is 0 Å². The highest BCUT2D eigenvalue weighted by atomic mass is 79.9. The van der Waals surface area contributed by atoms with E-state index >= 15 is 0 Å². The van der Waals surface area contributed by atoms with Gasteiger partial charge in [-0.3, -0.25) is 0 Å². The van der Waals surface area contributed by atoms with E-state index in [9.17, 15) is 5.26 Å². The number of thiazole rings is 1. The van der Waals surface area contributed by atoms with Gasteiger partial charge in [0.15, 0.2) is 0 Å². The van der Waals surface area contributed by atoms with Gasteiger partial charge >= 0.3 is 0 Å². The highest BCUT2D eigenvalue weighted by Crippen LogP contribution is 2.28. The van der Waals surface area contributed by atoms with Crippen molar-refractivity contribution in [2.45, 2.75) is 0 Å². The molecular weight excluding hydrogens is 332 g/mol. The van der Waals surface area contributed by atoms with Crippen molar-refractivity contribution in [3.63, 3.8) is 0 Å². The number of rotatable bonds is 2. The number of nitriles is 1. The highest BCUT2D eigenvalue weighted by Gasteiger charge is 2.08. The first-order valence-corrected chi connectivity index (χ1v) is 7.60. The Hall–Kier alpha value is -1.96. The molecule has 0 spiro atoms. The molecule has 0 bridgehead atoms. The summed E-state index contributed by atoms with van der Waals surface area (Å²) in [4.78, 5) is 4.52. The first-order chi connectivity index (χ1) is 9.76. The average molecular weight is 341 g/mol. The Morgan fingerprint density at radius 3 is 2.80 bits per heavy atom. The first-order valence-electron chi connectivity index (χ1n) is 5.99. The Morgan fingerprint density at radius 1 is 1.20 bits per heavy atom. The third-order valence-electron chi connectivity index (χ3n) is 2.80. The van der Waals surface area contributed by atoms with E-state index in [-0.39, 0.29) is 0 Å². The van der Waals surface area contributed by atoms with Gasteiger partial charge in [0.1, 0.15) is 11.1 Å². The Morgan fingerprint density at radius 2 is 2.05 bits per heavy atom. The molecule has 1 heterocycles. The van der Waals surface area contributed by atoms with Crippen molar-refractivity contribution in [3.8, 4) is 6.07 Å². The van der Waals surface area contributed by atoms with Gasteiger partial charge in [0.05, 0.1) is 15.8 Å². The summed E-state index contributed by atoms with van der Waals surface area (Å²) in [6, 6.07) is 18.0. The Bertz CT molecular complexity index is 810. The van der Waals surface area contributed by atoms with Crippen molar-refractivity contribution >= 4 is 49.1 Å². The molecule has 0 radical (unpaired) electrons. The van der Waals surface area contributed by atoms with Crippen LogP contribution < -0.4 is 0 Å². The van der Waals surface area contributed by atoms with Crippen LogP contribution in [-0.2, 0) is 0 Å². The number of hydrogen-bond acceptors (Lipinski definition) is 3. The van der Waals surface area contributed by atoms with Crippen LogP contribution in [0.4, 0.5) is 0 Å². The summed E-state index contributed by atoms with van der Waals surface area (Å²) in [7, 11) is 0. The molecule has 4 heteroatoms. The smallest absolute Gasteiger partial charge is 0.135 e. The number of hydrogen-bond donors (Lipinski definition) is 0. The van der Waals surface area contributed by atoms with Crippen molar-refractivity contribution in [3.05, 3.63) is 63.6 Å². The zero-order valence-corrected chi connectivity index (χ0v) is 12.8. The molecule has 0 aliphatic carbocycles. The standard InChI is InChI=1S/C16H9BrN2S/c17-13-5-3-4-11(9-13)8-12(10-18)16-19-14-6-1-2-7-15(14)20-16/h1-9H/b12-8-. The van der Waals surface area contributed by atoms with Crippen molar-refractivity contribution in [2.75, 3.05) is 0 Å². The van der Waals surface area contributed by atoms with Crippen LogP contribution in [0.25, 0.3) is 21.9 Å². The van der Waals surface area contributed by atoms with Crippen LogP contribution in [0, 0.1) is 11.3 Å². The van der Waals surface area contributed by atoms with Crippen LogP contribution in [0.2, 0.25) is 0 Å². The third kappa shape index (κ3) is 2.64. The molecule has 0 saturated carbocycles. The van der Waals surface area contributed by atoms with Crippen LogP contribution in [0.1, 0.15) is 10.6 Å². The third-order valence-corrected chi connectivity index (χ3v) is 4.37. The summed E-state index contributed by atoms with van der Waals surface area (Å²) in [6.45, 7) is 0. The number of halogens is 1. The molecule has 2 aromatic carbocycles. The second kappa shape index (κ2) is 5.58. The summed E-state index contributed by atoms with van der Waals surface area (Å²) in [5.74, 6) is 0. The lowest BCUT2D eigenvalue weighted by Crippen LogP contribution is -1.80. The summed E-state index contributed by atoms with van der Waals surface area (Å²) < 4.78 is 2.09. The molecule has 0 amide bonds. The molecule has 3 rings (SSSR count). The Kier molecular flexibility index (Phi) is 3.64. The van der Waals surface area contributed by atoms with E-state index in [1.807, 2.05) is 54.6 Å². The molecular formula is C16H9BrN2S. The normalized spacial score (nSPS) is 11.5. The summed E-state index contributed by atoms with van der Waals surface area (Å²) in [5.41, 5.74) is 2.50. The van der Waals surface area contributed by atoms with E-state index in [1.54, 1.807) is 0 Å². The monoisotopic (exact) mass is 340 g/mol. The van der Waals surface area contributed by atoms with E-state index in [4.69, 9.17) is 0 Å². The summed E-state index contributed by atoms with van der Waals surface area (Å²) >= 11 is 4.97. The predicted octanol–water partition coefficient (Wildman–Crippen LogP) is 5.12. The zero-order chi connectivity index (χ0) is 13.9. The van der Waals surface area contributed by atoms with Crippen molar-refractivity contribution < 1.29 is 0 Å². The van der Waals surface area contributed by atoms with Gasteiger partial charge in [-0.1, -0.05) is 40.2 Å². The fraction of sp³-hybridized carbons (Fsp3) is 0. The van der Waals surface area contributed by atoms with E-state index in [1.165, 1.54) is 11.3 Å². The molecule has 0 saturated heterocycles. The van der Waals surface area contributed by atoms with E-state index in [0.29, 0.717) is 5.57 Å². The molecule has 0 atom stereocenters. The maximum atomic E-state index is 9.37. The molecule has 96 valence electrons. The molecule has 3 aromatic rings. The lowest BCUT2D eigenvalue weighted by Gasteiger charge is -1.96. The molecule has 20 heavy (non-hydrogen) atoms. The Balaban J connectivity index is 2.07. The Labute approximate surface area is 129 Å². The van der Waals surface area contributed by atoms with Gasteiger partial charge in [-0.2, -0.15) is 5.26 Å². The van der Waals surface area contributed by atoms with Crippen molar-refractivity contribution in [1.82, 2.24) is 4.98 Å². The second-order valence-corrected chi connectivity index (χ2v) is 6.16. The molecule has 0 aliphatic rings. The molecule has 2 nitrogen and oxygen atoms in total. The van der Waals surface area contributed by atoms with Gasteiger partial charge in [0, 0.05) is 4.47 Å². The summed E-state index contributed by atoms with van der Waals surface area (Å²) in [5, 5.41) is 10.1. The molecule has 0 aliphatic heterocycles.